The highest BCUT2D eigenvalue weighted by Gasteiger charge is 2.23. The molecule has 0 saturated carbocycles. The molecule has 0 aliphatic rings. The van der Waals surface area contributed by atoms with Crippen LogP contribution in [0, 0.1) is 0 Å². The van der Waals surface area contributed by atoms with Crippen molar-refractivity contribution >= 4 is 13.2 Å². The molecule has 0 aliphatic heterocycles. The number of carbonyl (C=O) groups is 1. The minimum atomic E-state index is -1.01. The third-order valence-corrected chi connectivity index (χ3v) is 8.50. The lowest BCUT2D eigenvalue weighted by Crippen LogP contribution is -2.23. The van der Waals surface area contributed by atoms with Crippen molar-refractivity contribution in [1.29, 1.82) is 0 Å². The Kier molecular flexibility index (Phi) is 18.2. The average molecular weight is 387 g/mol. The van der Waals surface area contributed by atoms with Crippen LogP contribution < -0.4 is 5.11 Å². The van der Waals surface area contributed by atoms with Crippen molar-refractivity contribution in [1.82, 2.24) is 0 Å². The summed E-state index contributed by atoms with van der Waals surface area (Å²) in [6.45, 7) is 6.87. The van der Waals surface area contributed by atoms with Gasteiger partial charge in [0.05, 0.1) is 12.3 Å². The van der Waals surface area contributed by atoms with Crippen molar-refractivity contribution in [2.45, 2.75) is 116 Å². The second-order valence-corrected chi connectivity index (χ2v) is 13.6. The van der Waals surface area contributed by atoms with E-state index in [2.05, 4.69) is 20.3 Å². The summed E-state index contributed by atoms with van der Waals surface area (Å²) in [7, 11) is -1.01. The summed E-state index contributed by atoms with van der Waals surface area (Å²) < 4.78 is 0. The van der Waals surface area contributed by atoms with Crippen molar-refractivity contribution < 1.29 is 9.90 Å². The van der Waals surface area contributed by atoms with Gasteiger partial charge in [-0.15, -0.1) is 0 Å². The first-order valence-corrected chi connectivity index (χ1v) is 14.5. The Morgan fingerprint density at radius 3 is 1.31 bits per heavy atom. The fraction of sp³-hybridized carbons (Fsp3) is 0.957. The molecule has 3 heteroatoms. The summed E-state index contributed by atoms with van der Waals surface area (Å²) in [5, 5.41) is 10.6. The van der Waals surface area contributed by atoms with Crippen LogP contribution in [0.3, 0.4) is 0 Å². The Labute approximate surface area is 165 Å². The summed E-state index contributed by atoms with van der Waals surface area (Å²) in [6.07, 6.45) is 24.8. The molecule has 0 rings (SSSR count). The number of carboxylic acid groups (broad SMARTS) is 1. The Hall–Kier alpha value is -0.100. The van der Waals surface area contributed by atoms with Crippen LogP contribution in [0.15, 0.2) is 0 Å². The molecule has 156 valence electrons. The molecule has 0 bridgehead atoms. The molecule has 0 aromatic heterocycles. The second-order valence-electron chi connectivity index (χ2n) is 8.81. The molecule has 0 fully saturated rings. The van der Waals surface area contributed by atoms with E-state index in [1.54, 1.807) is 0 Å². The maximum atomic E-state index is 10.6. The van der Waals surface area contributed by atoms with Gasteiger partial charge < -0.3 is 9.90 Å². The van der Waals surface area contributed by atoms with Gasteiger partial charge in [0.25, 0.3) is 0 Å². The molecule has 0 aromatic carbocycles. The van der Waals surface area contributed by atoms with Crippen LogP contribution in [0.5, 0.6) is 0 Å². The predicted octanol–water partition coefficient (Wildman–Crippen LogP) is 6.67. The predicted molar refractivity (Wildman–Crippen MR) is 118 cm³/mol. The summed E-state index contributed by atoms with van der Waals surface area (Å²) in [4.78, 5) is 10.6. The van der Waals surface area contributed by atoms with E-state index in [0.29, 0.717) is 0 Å². The first-order chi connectivity index (χ1) is 12.5. The van der Waals surface area contributed by atoms with Gasteiger partial charge in [-0.25, -0.2) is 0 Å². The maximum Gasteiger partial charge on any atom is 0.0641 e. The van der Waals surface area contributed by atoms with E-state index in [-0.39, 0.29) is 6.42 Å². The van der Waals surface area contributed by atoms with Crippen LogP contribution >= 0.6 is 7.26 Å². The molecule has 0 unspecified atom stereocenters. The minimum absolute atomic E-state index is 0.250. The monoisotopic (exact) mass is 386 g/mol. The quantitative estimate of drug-likeness (QED) is 0.173. The van der Waals surface area contributed by atoms with Gasteiger partial charge >= 0.3 is 0 Å². The molecular formula is C23H47O2P. The van der Waals surface area contributed by atoms with Crippen LogP contribution in [0.4, 0.5) is 0 Å². The normalized spacial score (nSPS) is 11.8. The number of carboxylic acids is 1. The van der Waals surface area contributed by atoms with Crippen LogP contribution in [-0.4, -0.2) is 31.6 Å². The zero-order valence-electron chi connectivity index (χ0n) is 18.2. The lowest BCUT2D eigenvalue weighted by Gasteiger charge is -2.18. The Morgan fingerprint density at radius 1 is 0.615 bits per heavy atom. The molecule has 26 heavy (non-hydrogen) atoms. The van der Waals surface area contributed by atoms with Gasteiger partial charge in [-0.3, -0.25) is 0 Å². The van der Waals surface area contributed by atoms with Gasteiger partial charge in [0.1, 0.15) is 0 Å². The van der Waals surface area contributed by atoms with Crippen LogP contribution in [-0.2, 0) is 4.79 Å². The third-order valence-electron chi connectivity index (χ3n) is 5.54. The van der Waals surface area contributed by atoms with Crippen molar-refractivity contribution in [3.05, 3.63) is 0 Å². The molecule has 0 amide bonds. The summed E-state index contributed by atoms with van der Waals surface area (Å²) in [6, 6.07) is 0. The fourth-order valence-corrected chi connectivity index (χ4v) is 5.68. The number of carbonyl (C=O) groups excluding carboxylic acids is 1. The largest absolute Gasteiger partial charge is 0.550 e. The number of aliphatic carboxylic acids is 1. The number of hydrogen-bond donors (Lipinski definition) is 0. The van der Waals surface area contributed by atoms with E-state index >= 15 is 0 Å². The molecule has 0 heterocycles. The number of rotatable bonds is 20. The lowest BCUT2D eigenvalue weighted by atomic mass is 10.0. The van der Waals surface area contributed by atoms with Gasteiger partial charge in [-0.2, -0.15) is 0 Å². The molecular weight excluding hydrogens is 339 g/mol. The van der Waals surface area contributed by atoms with Gasteiger partial charge in [-0.1, -0.05) is 96.8 Å². The molecule has 0 atom stereocenters. The van der Waals surface area contributed by atoms with Crippen LogP contribution in [0.2, 0.25) is 0 Å². The molecule has 0 N–H and O–H groups in total. The van der Waals surface area contributed by atoms with Gasteiger partial charge in [0.15, 0.2) is 0 Å². The maximum absolute atomic E-state index is 10.6. The van der Waals surface area contributed by atoms with E-state index in [9.17, 15) is 9.90 Å². The molecule has 0 aliphatic carbocycles. The van der Waals surface area contributed by atoms with E-state index in [0.717, 1.165) is 6.16 Å². The topological polar surface area (TPSA) is 40.1 Å². The van der Waals surface area contributed by atoms with Crippen molar-refractivity contribution in [3.8, 4) is 0 Å². The highest BCUT2D eigenvalue weighted by Crippen LogP contribution is 2.52. The minimum Gasteiger partial charge on any atom is -0.550 e. The highest BCUT2D eigenvalue weighted by molar-refractivity contribution is 7.74. The lowest BCUT2D eigenvalue weighted by molar-refractivity contribution is -0.305. The van der Waals surface area contributed by atoms with Gasteiger partial charge in [0.2, 0.25) is 0 Å². The Balaban J connectivity index is 3.21. The van der Waals surface area contributed by atoms with E-state index in [1.807, 2.05) is 0 Å². The van der Waals surface area contributed by atoms with Crippen LogP contribution in [0.1, 0.15) is 116 Å². The Bertz CT molecular complexity index is 315. The first kappa shape index (κ1) is 25.9. The highest BCUT2D eigenvalue weighted by atomic mass is 31.2. The summed E-state index contributed by atoms with van der Waals surface area (Å²) in [5.74, 6) is -0.884. The summed E-state index contributed by atoms with van der Waals surface area (Å²) in [5.41, 5.74) is 0. The molecule has 0 radical (unpaired) electrons. The third kappa shape index (κ3) is 20.2. The number of hydrogen-bond acceptors (Lipinski definition) is 2. The van der Waals surface area contributed by atoms with Crippen LogP contribution in [0.25, 0.3) is 0 Å². The molecule has 0 aromatic rings. The van der Waals surface area contributed by atoms with E-state index in [1.165, 1.54) is 109 Å². The second kappa shape index (κ2) is 18.3. The average Bonchev–Trinajstić information content (AvgIpc) is 2.60. The van der Waals surface area contributed by atoms with Crippen molar-refractivity contribution in [2.75, 3.05) is 25.7 Å². The van der Waals surface area contributed by atoms with Crippen molar-refractivity contribution in [3.63, 3.8) is 0 Å². The van der Waals surface area contributed by atoms with E-state index < -0.39 is 13.2 Å². The number of unbranched alkanes of at least 4 members (excludes halogenated alkanes) is 15. The van der Waals surface area contributed by atoms with E-state index in [4.69, 9.17) is 0 Å². The molecule has 2 nitrogen and oxygen atoms in total. The smallest absolute Gasteiger partial charge is 0.0641 e. The zero-order chi connectivity index (χ0) is 19.5. The SMILES string of the molecule is CCCCCCCCCCCCCCCCCC[P+](C)(C)CCC(=O)[O-]. The van der Waals surface area contributed by atoms with Gasteiger partial charge in [-0.05, 0) is 12.8 Å². The Morgan fingerprint density at radius 2 is 0.962 bits per heavy atom. The van der Waals surface area contributed by atoms with Gasteiger partial charge in [0, 0.05) is 33.0 Å². The standard InChI is InChI=1S/C23H47O2P/c1-4-5-6-7-8-9-10-11-12-13-14-15-16-17-18-19-21-26(2,3)22-20-23(24)25/h4-22H2,1-3H3. The van der Waals surface area contributed by atoms with Crippen molar-refractivity contribution in [2.24, 2.45) is 0 Å². The molecule has 0 saturated heterocycles. The zero-order valence-corrected chi connectivity index (χ0v) is 19.1. The first-order valence-electron chi connectivity index (χ1n) is 11.5. The summed E-state index contributed by atoms with van der Waals surface area (Å²) >= 11 is 0. The fourth-order valence-electron chi connectivity index (χ4n) is 3.59. The molecule has 0 spiro atoms.